The van der Waals surface area contributed by atoms with E-state index in [0.717, 1.165) is 18.7 Å². The standard InChI is InChI=1S/C12H18N4OS/c1-8-6-12(7-8,10(13)18)11(17)16-3-2-9-14-4-5-15-9/h4-5,8H,2-3,6-7H2,1H3,(H2,13,18)(H,14,15)(H,16,17). The fraction of sp³-hybridized carbons (Fsp3) is 0.583. The molecule has 0 aromatic carbocycles. The average molecular weight is 266 g/mol. The summed E-state index contributed by atoms with van der Waals surface area (Å²) in [5.74, 6) is 1.34. The molecule has 0 radical (unpaired) electrons. The summed E-state index contributed by atoms with van der Waals surface area (Å²) in [6.45, 7) is 2.65. The molecule has 1 aromatic rings. The van der Waals surface area contributed by atoms with Gasteiger partial charge >= 0.3 is 0 Å². The zero-order valence-electron chi connectivity index (χ0n) is 10.4. The minimum absolute atomic E-state index is 0.0420. The smallest absolute Gasteiger partial charge is 0.233 e. The van der Waals surface area contributed by atoms with Gasteiger partial charge < -0.3 is 16.0 Å². The number of rotatable bonds is 5. The first kappa shape index (κ1) is 13.0. The van der Waals surface area contributed by atoms with Crippen molar-refractivity contribution in [2.75, 3.05) is 6.54 Å². The number of aromatic amines is 1. The predicted molar refractivity (Wildman–Crippen MR) is 72.9 cm³/mol. The normalized spacial score (nSPS) is 26.4. The lowest BCUT2D eigenvalue weighted by Crippen LogP contribution is -2.56. The molecule has 1 aliphatic rings. The van der Waals surface area contributed by atoms with Crippen LogP contribution in [0.4, 0.5) is 0 Å². The quantitative estimate of drug-likeness (QED) is 0.687. The fourth-order valence-electron chi connectivity index (χ4n) is 2.53. The van der Waals surface area contributed by atoms with Crippen LogP contribution in [-0.4, -0.2) is 27.4 Å². The molecule has 1 saturated carbocycles. The van der Waals surface area contributed by atoms with E-state index in [9.17, 15) is 4.79 Å². The van der Waals surface area contributed by atoms with Crippen LogP contribution in [0.1, 0.15) is 25.6 Å². The number of carbonyl (C=O) groups excluding carboxylic acids is 1. The van der Waals surface area contributed by atoms with Crippen molar-refractivity contribution < 1.29 is 4.79 Å². The number of hydrogen-bond acceptors (Lipinski definition) is 3. The molecule has 4 N–H and O–H groups in total. The van der Waals surface area contributed by atoms with Gasteiger partial charge in [0, 0.05) is 25.4 Å². The number of H-pyrrole nitrogens is 1. The molecular weight excluding hydrogens is 248 g/mol. The van der Waals surface area contributed by atoms with E-state index in [0.29, 0.717) is 23.9 Å². The van der Waals surface area contributed by atoms with Gasteiger partial charge in [0.2, 0.25) is 5.91 Å². The number of nitrogens with zero attached hydrogens (tertiary/aromatic N) is 1. The van der Waals surface area contributed by atoms with E-state index >= 15 is 0 Å². The van der Waals surface area contributed by atoms with Crippen molar-refractivity contribution in [3.05, 3.63) is 18.2 Å². The Hall–Kier alpha value is -1.43. The third-order valence-corrected chi connectivity index (χ3v) is 3.89. The summed E-state index contributed by atoms with van der Waals surface area (Å²) in [6, 6.07) is 0. The van der Waals surface area contributed by atoms with Gasteiger partial charge in [0.25, 0.3) is 0 Å². The van der Waals surface area contributed by atoms with Crippen LogP contribution >= 0.6 is 12.2 Å². The molecule has 0 spiro atoms. The number of carbonyl (C=O) groups is 1. The van der Waals surface area contributed by atoms with Crippen LogP contribution in [0, 0.1) is 11.3 Å². The zero-order chi connectivity index (χ0) is 13.2. The minimum Gasteiger partial charge on any atom is -0.392 e. The molecule has 18 heavy (non-hydrogen) atoms. The van der Waals surface area contributed by atoms with Crippen molar-refractivity contribution in [2.45, 2.75) is 26.2 Å². The summed E-state index contributed by atoms with van der Waals surface area (Å²) in [5, 5.41) is 2.90. The van der Waals surface area contributed by atoms with Gasteiger partial charge in [-0.1, -0.05) is 19.1 Å². The molecule has 1 aliphatic carbocycles. The molecule has 1 aromatic heterocycles. The maximum atomic E-state index is 12.2. The second-order valence-corrected chi connectivity index (χ2v) is 5.44. The monoisotopic (exact) mass is 266 g/mol. The summed E-state index contributed by atoms with van der Waals surface area (Å²) in [6.07, 6.45) is 5.66. The lowest BCUT2D eigenvalue weighted by Gasteiger charge is -2.44. The highest BCUT2D eigenvalue weighted by Crippen LogP contribution is 2.45. The van der Waals surface area contributed by atoms with Crippen molar-refractivity contribution in [1.29, 1.82) is 0 Å². The van der Waals surface area contributed by atoms with Crippen LogP contribution < -0.4 is 11.1 Å². The van der Waals surface area contributed by atoms with Gasteiger partial charge in [0.15, 0.2) is 0 Å². The summed E-state index contributed by atoms with van der Waals surface area (Å²) in [5.41, 5.74) is 5.10. The molecule has 0 aliphatic heterocycles. The predicted octanol–water partition coefficient (Wildman–Crippen LogP) is 0.771. The lowest BCUT2D eigenvalue weighted by atomic mass is 9.62. The topological polar surface area (TPSA) is 83.8 Å². The number of nitrogens with two attached hydrogens (primary N) is 1. The van der Waals surface area contributed by atoms with E-state index in [1.54, 1.807) is 12.4 Å². The Kier molecular flexibility index (Phi) is 3.65. The van der Waals surface area contributed by atoms with Gasteiger partial charge in [-0.05, 0) is 18.8 Å². The first-order valence-corrected chi connectivity index (χ1v) is 6.52. The number of thiocarbonyl (C=S) groups is 1. The van der Waals surface area contributed by atoms with E-state index in [-0.39, 0.29) is 5.91 Å². The number of amides is 1. The maximum absolute atomic E-state index is 12.2. The second-order valence-electron chi connectivity index (χ2n) is 5.00. The molecule has 2 rings (SSSR count). The van der Waals surface area contributed by atoms with Crippen LogP contribution in [-0.2, 0) is 11.2 Å². The molecule has 1 amide bonds. The fourth-order valence-corrected chi connectivity index (χ4v) is 2.79. The lowest BCUT2D eigenvalue weighted by molar-refractivity contribution is -0.132. The Morgan fingerprint density at radius 1 is 1.72 bits per heavy atom. The van der Waals surface area contributed by atoms with Crippen molar-refractivity contribution in [3.63, 3.8) is 0 Å². The maximum Gasteiger partial charge on any atom is 0.233 e. The summed E-state index contributed by atoms with van der Waals surface area (Å²) in [4.78, 5) is 19.6. The molecule has 6 heteroatoms. The highest BCUT2D eigenvalue weighted by atomic mass is 32.1. The van der Waals surface area contributed by atoms with Crippen LogP contribution in [0.15, 0.2) is 12.4 Å². The Balaban J connectivity index is 1.85. The zero-order valence-corrected chi connectivity index (χ0v) is 11.2. The van der Waals surface area contributed by atoms with Crippen LogP contribution in [0.3, 0.4) is 0 Å². The summed E-state index contributed by atoms with van der Waals surface area (Å²) < 4.78 is 0. The molecule has 98 valence electrons. The van der Waals surface area contributed by atoms with E-state index < -0.39 is 5.41 Å². The number of hydrogen-bond donors (Lipinski definition) is 3. The molecule has 0 atom stereocenters. The first-order chi connectivity index (χ1) is 8.54. The summed E-state index contributed by atoms with van der Waals surface area (Å²) in [7, 11) is 0. The molecule has 1 heterocycles. The Labute approximate surface area is 112 Å². The molecular formula is C12H18N4OS. The molecule has 1 fully saturated rings. The summed E-state index contributed by atoms with van der Waals surface area (Å²) >= 11 is 5.04. The van der Waals surface area contributed by atoms with E-state index in [1.165, 1.54) is 0 Å². The molecule has 0 bridgehead atoms. The first-order valence-electron chi connectivity index (χ1n) is 6.11. The molecule has 5 nitrogen and oxygen atoms in total. The van der Waals surface area contributed by atoms with Gasteiger partial charge in [-0.25, -0.2) is 4.98 Å². The average Bonchev–Trinajstić information content (AvgIpc) is 2.76. The number of imidazole rings is 1. The largest absolute Gasteiger partial charge is 0.392 e. The Bertz CT molecular complexity index is 437. The van der Waals surface area contributed by atoms with Crippen molar-refractivity contribution in [2.24, 2.45) is 17.1 Å². The minimum atomic E-state index is -0.613. The molecule has 0 unspecified atom stereocenters. The van der Waals surface area contributed by atoms with Gasteiger partial charge in [0.05, 0.1) is 10.4 Å². The van der Waals surface area contributed by atoms with Crippen LogP contribution in [0.25, 0.3) is 0 Å². The van der Waals surface area contributed by atoms with Gasteiger partial charge in [0.1, 0.15) is 5.82 Å². The van der Waals surface area contributed by atoms with E-state index in [1.807, 2.05) is 0 Å². The second kappa shape index (κ2) is 5.06. The Morgan fingerprint density at radius 2 is 2.44 bits per heavy atom. The van der Waals surface area contributed by atoms with Crippen LogP contribution in [0.5, 0.6) is 0 Å². The highest BCUT2D eigenvalue weighted by molar-refractivity contribution is 7.80. The highest BCUT2D eigenvalue weighted by Gasteiger charge is 2.50. The number of nitrogens with one attached hydrogen (secondary N) is 2. The van der Waals surface area contributed by atoms with Crippen molar-refractivity contribution in [3.8, 4) is 0 Å². The third kappa shape index (κ3) is 2.38. The number of aromatic nitrogens is 2. The van der Waals surface area contributed by atoms with Crippen molar-refractivity contribution in [1.82, 2.24) is 15.3 Å². The van der Waals surface area contributed by atoms with Gasteiger partial charge in [-0.15, -0.1) is 0 Å². The SMILES string of the molecule is CC1CC(C(=O)NCCc2ncc[nH]2)(C(N)=S)C1. The van der Waals surface area contributed by atoms with E-state index in [2.05, 4.69) is 22.2 Å². The molecule has 0 saturated heterocycles. The third-order valence-electron chi connectivity index (χ3n) is 3.50. The van der Waals surface area contributed by atoms with E-state index in [4.69, 9.17) is 18.0 Å². The Morgan fingerprint density at radius 3 is 2.94 bits per heavy atom. The van der Waals surface area contributed by atoms with Crippen molar-refractivity contribution >= 4 is 23.1 Å². The van der Waals surface area contributed by atoms with Crippen LogP contribution in [0.2, 0.25) is 0 Å². The van der Waals surface area contributed by atoms with Gasteiger partial charge in [-0.3, -0.25) is 4.79 Å². The van der Waals surface area contributed by atoms with Gasteiger partial charge in [-0.2, -0.15) is 0 Å².